The van der Waals surface area contributed by atoms with E-state index in [1.807, 2.05) is 47.6 Å². The minimum atomic E-state index is -0.978. The zero-order chi connectivity index (χ0) is 21.3. The molecule has 0 spiro atoms. The first kappa shape index (κ1) is 27.2. The zero-order valence-corrected chi connectivity index (χ0v) is 19.2. The van der Waals surface area contributed by atoms with Crippen LogP contribution in [0.15, 0.2) is 21.6 Å². The fourth-order valence-corrected chi connectivity index (χ4v) is 2.58. The van der Waals surface area contributed by atoms with Gasteiger partial charge in [-0.3, -0.25) is 4.99 Å². The number of rotatable bonds is 3. The molecule has 147 valence electrons. The fraction of sp³-hybridized carbons (Fsp3) is 0.556. The Labute approximate surface area is 173 Å². The normalized spacial score (nSPS) is 12.5. The van der Waals surface area contributed by atoms with E-state index in [-0.39, 0.29) is 11.2 Å². The maximum absolute atomic E-state index is 11.4. The average molecular weight is 469 g/mol. The van der Waals surface area contributed by atoms with Gasteiger partial charge in [0.1, 0.15) is 5.75 Å². The molecule has 0 aromatic heterocycles. The molecular formula is C18H28BrNO5V. The van der Waals surface area contributed by atoms with E-state index < -0.39 is 17.4 Å². The third-order valence-electron chi connectivity index (χ3n) is 3.33. The van der Waals surface area contributed by atoms with E-state index in [0.29, 0.717) is 5.56 Å². The van der Waals surface area contributed by atoms with Crippen LogP contribution < -0.4 is 0 Å². The predicted molar refractivity (Wildman–Crippen MR) is 102 cm³/mol. The molecule has 1 aromatic rings. The number of aliphatic hydroxyl groups excluding tert-OH is 1. The first-order valence-electron chi connectivity index (χ1n) is 7.76. The number of phenolic OH excluding ortho intramolecular Hbond substituents is 1. The van der Waals surface area contributed by atoms with Gasteiger partial charge in [0.25, 0.3) is 0 Å². The number of carboxylic acids is 1. The summed E-state index contributed by atoms with van der Waals surface area (Å²) in [6.45, 7) is 11.5. The van der Waals surface area contributed by atoms with Gasteiger partial charge in [0.2, 0.25) is 0 Å². The van der Waals surface area contributed by atoms with Crippen molar-refractivity contribution in [3.05, 3.63) is 27.7 Å². The molecule has 1 aromatic carbocycles. The molecule has 6 nitrogen and oxygen atoms in total. The standard InChI is InChI=1S/C17H24BrNO3.CH4O.O.V/c1-16(2,3)12-8-11(18)7-10(13(12)20)9-19-14(15(21)22)17(4,5)6;1-2;;/h7-9,14,20H,1-6H3,(H,21,22);2H,1H3;;/t14-;;;/m1.../s1. The quantitative estimate of drug-likeness (QED) is 0.583. The average Bonchev–Trinajstić information content (AvgIpc) is 2.51. The van der Waals surface area contributed by atoms with Gasteiger partial charge in [-0.05, 0) is 23.0 Å². The minimum absolute atomic E-state index is 0.137. The number of hydrogen-bond acceptors (Lipinski definition) is 5. The van der Waals surface area contributed by atoms with Crippen LogP contribution in [-0.4, -0.2) is 40.7 Å². The Morgan fingerprint density at radius 1 is 1.15 bits per heavy atom. The third kappa shape index (κ3) is 8.58. The van der Waals surface area contributed by atoms with Crippen molar-refractivity contribution in [1.82, 2.24) is 0 Å². The van der Waals surface area contributed by atoms with Crippen LogP contribution in [0.1, 0.15) is 52.7 Å². The summed E-state index contributed by atoms with van der Waals surface area (Å²) < 4.78 is 9.01. The molecule has 0 aliphatic rings. The first-order chi connectivity index (χ1) is 11.8. The molecule has 0 radical (unpaired) electrons. The summed E-state index contributed by atoms with van der Waals surface area (Å²) in [5.41, 5.74) is 0.560. The Hall–Kier alpha value is -1.02. The van der Waals surface area contributed by atoms with Crippen molar-refractivity contribution in [3.8, 4) is 5.75 Å². The van der Waals surface area contributed by atoms with Gasteiger partial charge in [-0.15, -0.1) is 0 Å². The molecule has 0 aliphatic heterocycles. The SMILES string of the molecule is CC(C)(C)c1cc(Br)cc(C=N[C@H](C(=O)O)C(C)(C)C)c1O.CO.[O]=[V]. The topological polar surface area (TPSA) is 107 Å². The van der Waals surface area contributed by atoms with Crippen LogP contribution >= 0.6 is 15.9 Å². The number of aliphatic carboxylic acids is 1. The Balaban J connectivity index is 0. The number of hydrogen-bond donors (Lipinski definition) is 3. The van der Waals surface area contributed by atoms with Gasteiger partial charge in [0.15, 0.2) is 6.04 Å². The number of aliphatic hydroxyl groups is 1. The molecule has 8 heteroatoms. The maximum atomic E-state index is 11.4. The van der Waals surface area contributed by atoms with Crippen molar-refractivity contribution in [2.45, 2.75) is 53.0 Å². The molecule has 0 bridgehead atoms. The van der Waals surface area contributed by atoms with E-state index in [0.717, 1.165) is 34.5 Å². The van der Waals surface area contributed by atoms with Crippen LogP contribution in [0.5, 0.6) is 5.75 Å². The van der Waals surface area contributed by atoms with Crippen LogP contribution in [-0.2, 0) is 31.3 Å². The molecule has 1 rings (SSSR count). The Kier molecular flexibility index (Phi) is 12.2. The number of aromatic hydroxyl groups is 1. The molecule has 0 fully saturated rings. The molecule has 0 heterocycles. The van der Waals surface area contributed by atoms with E-state index in [2.05, 4.69) is 20.9 Å². The Morgan fingerprint density at radius 3 is 1.96 bits per heavy atom. The first-order valence-corrected chi connectivity index (χ1v) is 9.12. The number of nitrogens with zero attached hydrogens (tertiary/aromatic N) is 1. The molecule has 0 unspecified atom stereocenters. The Morgan fingerprint density at radius 2 is 1.62 bits per heavy atom. The Bertz CT molecular complexity index is 621. The summed E-state index contributed by atoms with van der Waals surface area (Å²) in [6.07, 6.45) is 1.44. The molecule has 3 N–H and O–H groups in total. The number of halogens is 1. The number of benzene rings is 1. The molecule has 0 saturated carbocycles. The molecule has 1 atom stereocenters. The van der Waals surface area contributed by atoms with Crippen molar-refractivity contribution in [3.63, 3.8) is 0 Å². The molecule has 26 heavy (non-hydrogen) atoms. The third-order valence-corrected chi connectivity index (χ3v) is 3.79. The van der Waals surface area contributed by atoms with Gasteiger partial charge in [-0.2, -0.15) is 0 Å². The molecular weight excluding hydrogens is 441 g/mol. The van der Waals surface area contributed by atoms with E-state index in [4.69, 9.17) is 8.78 Å². The van der Waals surface area contributed by atoms with Crippen LogP contribution in [0.4, 0.5) is 0 Å². The molecule has 0 aliphatic carbocycles. The number of phenols is 1. The summed E-state index contributed by atoms with van der Waals surface area (Å²) in [5, 5.41) is 26.8. The number of carboxylic acid groups (broad SMARTS) is 1. The van der Waals surface area contributed by atoms with Gasteiger partial charge in [-0.25, -0.2) is 4.79 Å². The van der Waals surface area contributed by atoms with Gasteiger partial charge in [0.05, 0.1) is 0 Å². The van der Waals surface area contributed by atoms with Crippen LogP contribution in [0.2, 0.25) is 0 Å². The fourth-order valence-electron chi connectivity index (χ4n) is 2.10. The van der Waals surface area contributed by atoms with Crippen molar-refractivity contribution in [2.75, 3.05) is 7.11 Å². The van der Waals surface area contributed by atoms with Crippen molar-refractivity contribution >= 4 is 28.1 Å². The predicted octanol–water partition coefficient (Wildman–Crippen LogP) is 3.86. The van der Waals surface area contributed by atoms with Gasteiger partial charge in [-0.1, -0.05) is 57.5 Å². The van der Waals surface area contributed by atoms with Crippen LogP contribution in [0, 0.1) is 5.41 Å². The second-order valence-corrected chi connectivity index (χ2v) is 8.44. The summed E-state index contributed by atoms with van der Waals surface area (Å²) >= 11 is 4.49. The van der Waals surface area contributed by atoms with Crippen molar-refractivity contribution in [1.29, 1.82) is 0 Å². The molecule has 0 saturated heterocycles. The number of carbonyl (C=O) groups is 1. The molecule has 0 amide bonds. The van der Waals surface area contributed by atoms with E-state index in [1.54, 1.807) is 6.07 Å². The van der Waals surface area contributed by atoms with Crippen molar-refractivity contribution < 1.29 is 41.2 Å². The summed E-state index contributed by atoms with van der Waals surface area (Å²) in [7, 11) is 1.00. The van der Waals surface area contributed by atoms with Crippen molar-refractivity contribution in [2.24, 2.45) is 10.4 Å². The number of aliphatic imine (C=N–C) groups is 1. The second kappa shape index (κ2) is 11.6. The summed E-state index contributed by atoms with van der Waals surface area (Å²) in [6, 6.07) is 2.73. The van der Waals surface area contributed by atoms with E-state index >= 15 is 0 Å². The zero-order valence-electron chi connectivity index (χ0n) is 16.2. The van der Waals surface area contributed by atoms with Crippen LogP contribution in [0.25, 0.3) is 0 Å². The van der Waals surface area contributed by atoms with Gasteiger partial charge >= 0.3 is 27.0 Å². The summed E-state index contributed by atoms with van der Waals surface area (Å²) in [5.74, 6) is -0.841. The monoisotopic (exact) mass is 468 g/mol. The second-order valence-electron chi connectivity index (χ2n) is 7.53. The van der Waals surface area contributed by atoms with Gasteiger partial charge in [0, 0.05) is 28.9 Å². The summed E-state index contributed by atoms with van der Waals surface area (Å²) in [4.78, 5) is 15.5. The van der Waals surface area contributed by atoms with E-state index in [9.17, 15) is 15.0 Å². The van der Waals surface area contributed by atoms with Gasteiger partial charge < -0.3 is 15.3 Å². The van der Waals surface area contributed by atoms with E-state index in [1.165, 1.54) is 6.21 Å². The van der Waals surface area contributed by atoms with Crippen LogP contribution in [0.3, 0.4) is 0 Å².